The molecule has 2 rings (SSSR count). The zero-order valence-corrected chi connectivity index (χ0v) is 14.1. The first-order valence-corrected chi connectivity index (χ1v) is 9.19. The molecule has 0 heterocycles. The van der Waals surface area contributed by atoms with Crippen LogP contribution in [0.15, 0.2) is 54.6 Å². The first kappa shape index (κ1) is 18.1. The van der Waals surface area contributed by atoms with Gasteiger partial charge in [0.1, 0.15) is 5.82 Å². The molecule has 1 N–H and O–H groups in total. The van der Waals surface area contributed by atoms with Crippen molar-refractivity contribution >= 4 is 15.9 Å². The lowest BCUT2D eigenvalue weighted by molar-refractivity contribution is -0.121. The summed E-state index contributed by atoms with van der Waals surface area (Å²) in [4.78, 5) is 12.0. The summed E-state index contributed by atoms with van der Waals surface area (Å²) in [5, 5.41) is 2.69. The van der Waals surface area contributed by atoms with Crippen LogP contribution in [0.2, 0.25) is 0 Å². The van der Waals surface area contributed by atoms with Gasteiger partial charge in [-0.25, -0.2) is 12.8 Å². The van der Waals surface area contributed by atoms with E-state index in [1.807, 2.05) is 30.3 Å². The van der Waals surface area contributed by atoms with E-state index in [0.717, 1.165) is 16.1 Å². The van der Waals surface area contributed by atoms with E-state index in [9.17, 15) is 17.6 Å². The molecule has 128 valence electrons. The Hall–Kier alpha value is -2.25. The summed E-state index contributed by atoms with van der Waals surface area (Å²) in [5.74, 6) is -0.795. The van der Waals surface area contributed by atoms with E-state index < -0.39 is 21.7 Å². The van der Waals surface area contributed by atoms with Crippen molar-refractivity contribution in [3.8, 4) is 0 Å². The van der Waals surface area contributed by atoms with Crippen LogP contribution in [0, 0.1) is 5.82 Å². The average Bonchev–Trinajstić information content (AvgIpc) is 2.54. The molecule has 0 aliphatic heterocycles. The van der Waals surface area contributed by atoms with E-state index in [0.29, 0.717) is 12.1 Å². The van der Waals surface area contributed by atoms with Gasteiger partial charge < -0.3 is 5.32 Å². The molecule has 0 fully saturated rings. The number of rotatable bonds is 7. The Morgan fingerprint density at radius 1 is 1.04 bits per heavy atom. The number of halogens is 1. The Kier molecular flexibility index (Phi) is 6.05. The minimum atomic E-state index is -3.57. The molecule has 0 saturated heterocycles. The van der Waals surface area contributed by atoms with Crippen LogP contribution in [0.3, 0.4) is 0 Å². The highest BCUT2D eigenvalue weighted by atomic mass is 32.2. The lowest BCUT2D eigenvalue weighted by Gasteiger charge is -2.19. The Morgan fingerprint density at radius 3 is 2.25 bits per heavy atom. The standard InChI is InChI=1S/C17H19FN2O3S/c1-24(22,23)20(12-15-7-9-16(18)10-8-15)13-17(21)19-11-14-5-3-2-4-6-14/h2-10H,11-13H2,1H3,(H,19,21). The van der Waals surface area contributed by atoms with Gasteiger partial charge >= 0.3 is 0 Å². The summed E-state index contributed by atoms with van der Waals surface area (Å²) in [6.45, 7) is 0.0503. The van der Waals surface area contributed by atoms with Crippen molar-refractivity contribution in [3.63, 3.8) is 0 Å². The molecule has 0 bridgehead atoms. The Morgan fingerprint density at radius 2 is 1.67 bits per heavy atom. The largest absolute Gasteiger partial charge is 0.351 e. The van der Waals surface area contributed by atoms with Crippen molar-refractivity contribution in [3.05, 3.63) is 71.5 Å². The molecule has 0 aliphatic carbocycles. The Balaban J connectivity index is 1.98. The summed E-state index contributed by atoms with van der Waals surface area (Å²) in [7, 11) is -3.57. The monoisotopic (exact) mass is 350 g/mol. The zero-order valence-electron chi connectivity index (χ0n) is 13.3. The number of sulfonamides is 1. The van der Waals surface area contributed by atoms with E-state index >= 15 is 0 Å². The molecule has 0 aromatic heterocycles. The van der Waals surface area contributed by atoms with Gasteiger partial charge in [0.25, 0.3) is 0 Å². The summed E-state index contributed by atoms with van der Waals surface area (Å²) in [5.41, 5.74) is 1.54. The highest BCUT2D eigenvalue weighted by Gasteiger charge is 2.20. The van der Waals surface area contributed by atoms with Gasteiger partial charge in [0.15, 0.2) is 0 Å². The molecule has 1 amide bonds. The summed E-state index contributed by atoms with van der Waals surface area (Å²) in [6, 6.07) is 14.8. The van der Waals surface area contributed by atoms with E-state index in [1.54, 1.807) is 0 Å². The maximum atomic E-state index is 12.9. The van der Waals surface area contributed by atoms with Gasteiger partial charge in [-0.1, -0.05) is 42.5 Å². The second-order valence-electron chi connectivity index (χ2n) is 5.42. The van der Waals surface area contributed by atoms with Crippen LogP contribution in [0.1, 0.15) is 11.1 Å². The van der Waals surface area contributed by atoms with Gasteiger partial charge in [0.2, 0.25) is 15.9 Å². The molecule has 0 radical (unpaired) electrons. The molecule has 7 heteroatoms. The first-order chi connectivity index (χ1) is 11.3. The summed E-state index contributed by atoms with van der Waals surface area (Å²) in [6.07, 6.45) is 1.04. The van der Waals surface area contributed by atoms with Gasteiger partial charge in [-0.2, -0.15) is 4.31 Å². The van der Waals surface area contributed by atoms with Gasteiger partial charge in [-0.3, -0.25) is 4.79 Å². The van der Waals surface area contributed by atoms with Crippen LogP contribution in [-0.2, 0) is 27.9 Å². The molecule has 0 saturated carbocycles. The van der Waals surface area contributed by atoms with Gasteiger partial charge in [0.05, 0.1) is 12.8 Å². The molecule has 5 nitrogen and oxygen atoms in total. The molecular weight excluding hydrogens is 331 g/mol. The van der Waals surface area contributed by atoms with Crippen LogP contribution in [-0.4, -0.2) is 31.4 Å². The number of amides is 1. The smallest absolute Gasteiger partial charge is 0.235 e. The molecule has 0 atom stereocenters. The van der Waals surface area contributed by atoms with Crippen molar-refractivity contribution in [2.45, 2.75) is 13.1 Å². The maximum Gasteiger partial charge on any atom is 0.235 e. The fourth-order valence-electron chi connectivity index (χ4n) is 2.10. The first-order valence-electron chi connectivity index (χ1n) is 7.35. The minimum absolute atomic E-state index is 0.0118. The second kappa shape index (κ2) is 8.03. The molecule has 0 spiro atoms. The van der Waals surface area contributed by atoms with Crippen molar-refractivity contribution in [1.82, 2.24) is 9.62 Å². The number of nitrogens with zero attached hydrogens (tertiary/aromatic N) is 1. The number of hydrogen-bond donors (Lipinski definition) is 1. The van der Waals surface area contributed by atoms with Crippen LogP contribution < -0.4 is 5.32 Å². The topological polar surface area (TPSA) is 66.5 Å². The van der Waals surface area contributed by atoms with Gasteiger partial charge in [-0.15, -0.1) is 0 Å². The third kappa shape index (κ3) is 5.75. The normalized spacial score (nSPS) is 11.5. The van der Waals surface area contributed by atoms with Gasteiger partial charge in [0, 0.05) is 13.1 Å². The van der Waals surface area contributed by atoms with Crippen LogP contribution in [0.25, 0.3) is 0 Å². The van der Waals surface area contributed by atoms with Crippen LogP contribution >= 0.6 is 0 Å². The van der Waals surface area contributed by atoms with Crippen LogP contribution in [0.5, 0.6) is 0 Å². The molecule has 2 aromatic carbocycles. The fraction of sp³-hybridized carbons (Fsp3) is 0.235. The molecule has 24 heavy (non-hydrogen) atoms. The Bertz CT molecular complexity index is 777. The highest BCUT2D eigenvalue weighted by molar-refractivity contribution is 7.88. The summed E-state index contributed by atoms with van der Waals surface area (Å²) < 4.78 is 37.8. The quantitative estimate of drug-likeness (QED) is 0.829. The zero-order chi connectivity index (χ0) is 17.6. The van der Waals surface area contributed by atoms with E-state index in [2.05, 4.69) is 5.32 Å². The third-order valence-electron chi connectivity index (χ3n) is 3.39. The average molecular weight is 350 g/mol. The number of nitrogens with one attached hydrogen (secondary N) is 1. The predicted molar refractivity (Wildman–Crippen MR) is 89.9 cm³/mol. The number of hydrogen-bond acceptors (Lipinski definition) is 3. The van der Waals surface area contributed by atoms with Crippen molar-refractivity contribution in [1.29, 1.82) is 0 Å². The van der Waals surface area contributed by atoms with Crippen molar-refractivity contribution < 1.29 is 17.6 Å². The number of carbonyl (C=O) groups excluding carboxylic acids is 1. The maximum absolute atomic E-state index is 12.9. The Labute approximate surface area is 141 Å². The summed E-state index contributed by atoms with van der Waals surface area (Å²) >= 11 is 0. The molecule has 2 aromatic rings. The van der Waals surface area contributed by atoms with E-state index in [1.165, 1.54) is 24.3 Å². The molecule has 0 aliphatic rings. The van der Waals surface area contributed by atoms with Gasteiger partial charge in [-0.05, 0) is 23.3 Å². The second-order valence-corrected chi connectivity index (χ2v) is 7.40. The number of benzene rings is 2. The third-order valence-corrected chi connectivity index (χ3v) is 4.59. The predicted octanol–water partition coefficient (Wildman–Crippen LogP) is 1.90. The number of carbonyl (C=O) groups is 1. The minimum Gasteiger partial charge on any atom is -0.351 e. The molecular formula is C17H19FN2O3S. The van der Waals surface area contributed by atoms with E-state index in [4.69, 9.17) is 0 Å². The highest BCUT2D eigenvalue weighted by Crippen LogP contribution is 2.09. The fourth-order valence-corrected chi connectivity index (χ4v) is 2.83. The molecule has 0 unspecified atom stereocenters. The van der Waals surface area contributed by atoms with Crippen LogP contribution in [0.4, 0.5) is 4.39 Å². The lowest BCUT2D eigenvalue weighted by atomic mass is 10.2. The lowest BCUT2D eigenvalue weighted by Crippen LogP contribution is -2.39. The van der Waals surface area contributed by atoms with Crippen molar-refractivity contribution in [2.75, 3.05) is 12.8 Å². The van der Waals surface area contributed by atoms with Crippen molar-refractivity contribution in [2.24, 2.45) is 0 Å². The SMILES string of the molecule is CS(=O)(=O)N(CC(=O)NCc1ccccc1)Cc1ccc(F)cc1. The van der Waals surface area contributed by atoms with E-state index in [-0.39, 0.29) is 13.1 Å².